The van der Waals surface area contributed by atoms with Crippen molar-refractivity contribution in [2.45, 2.75) is 19.8 Å². The molecule has 0 aromatic heterocycles. The van der Waals surface area contributed by atoms with Crippen LogP contribution in [0.3, 0.4) is 0 Å². The van der Waals surface area contributed by atoms with Crippen LogP contribution in [0.25, 0.3) is 21.9 Å². The number of nitrogens with two attached hydrogens (primary N) is 1. The van der Waals surface area contributed by atoms with Gasteiger partial charge in [0.25, 0.3) is 0 Å². The molecule has 0 saturated heterocycles. The van der Waals surface area contributed by atoms with E-state index in [1.54, 1.807) is 0 Å². The quantitative estimate of drug-likeness (QED) is 0.629. The molecule has 0 saturated carbocycles. The van der Waals surface area contributed by atoms with E-state index in [2.05, 4.69) is 62.4 Å². The Labute approximate surface area is 120 Å². The molecule has 3 rings (SSSR count). The van der Waals surface area contributed by atoms with Crippen molar-refractivity contribution in [3.63, 3.8) is 0 Å². The minimum absolute atomic E-state index is 0.562. The third-order valence-corrected chi connectivity index (χ3v) is 3.85. The minimum atomic E-state index is 0.562. The van der Waals surface area contributed by atoms with Crippen molar-refractivity contribution in [1.82, 2.24) is 0 Å². The van der Waals surface area contributed by atoms with Gasteiger partial charge in [-0.25, -0.2) is 0 Å². The molecule has 0 aliphatic heterocycles. The summed E-state index contributed by atoms with van der Waals surface area (Å²) in [4.78, 5) is 0. The van der Waals surface area contributed by atoms with Crippen molar-refractivity contribution < 1.29 is 0 Å². The van der Waals surface area contributed by atoms with E-state index in [0.717, 1.165) is 11.1 Å². The van der Waals surface area contributed by atoms with Crippen LogP contribution < -0.4 is 5.73 Å². The molecule has 0 spiro atoms. The van der Waals surface area contributed by atoms with E-state index >= 15 is 0 Å². The van der Waals surface area contributed by atoms with Crippen molar-refractivity contribution in [1.29, 1.82) is 0 Å². The number of rotatable bonds is 2. The van der Waals surface area contributed by atoms with E-state index in [0.29, 0.717) is 5.92 Å². The molecule has 3 aromatic rings. The summed E-state index contributed by atoms with van der Waals surface area (Å²) < 4.78 is 0. The predicted molar refractivity (Wildman–Crippen MR) is 87.9 cm³/mol. The van der Waals surface area contributed by atoms with Crippen molar-refractivity contribution in [3.8, 4) is 11.1 Å². The van der Waals surface area contributed by atoms with E-state index in [1.165, 1.54) is 22.1 Å². The second-order valence-electron chi connectivity index (χ2n) is 5.52. The van der Waals surface area contributed by atoms with Crippen LogP contribution in [0.1, 0.15) is 25.3 Å². The largest absolute Gasteiger partial charge is 0.398 e. The number of hydrogen-bond acceptors (Lipinski definition) is 1. The van der Waals surface area contributed by atoms with E-state index in [4.69, 9.17) is 5.73 Å². The van der Waals surface area contributed by atoms with Crippen LogP contribution in [-0.2, 0) is 0 Å². The summed E-state index contributed by atoms with van der Waals surface area (Å²) in [6.45, 7) is 4.43. The lowest BCUT2D eigenvalue weighted by Crippen LogP contribution is -1.90. The fourth-order valence-electron chi connectivity index (χ4n) is 2.62. The van der Waals surface area contributed by atoms with Crippen LogP contribution in [0.4, 0.5) is 5.69 Å². The first-order valence-electron chi connectivity index (χ1n) is 7.04. The second-order valence-corrected chi connectivity index (χ2v) is 5.52. The van der Waals surface area contributed by atoms with Crippen molar-refractivity contribution in [2.75, 3.05) is 5.73 Å². The number of fused-ring (bicyclic) bond motifs is 1. The molecule has 1 nitrogen and oxygen atoms in total. The zero-order chi connectivity index (χ0) is 14.1. The van der Waals surface area contributed by atoms with Gasteiger partial charge in [0.2, 0.25) is 0 Å². The predicted octanol–water partition coefficient (Wildman–Crippen LogP) is 5.21. The molecule has 0 aliphatic carbocycles. The minimum Gasteiger partial charge on any atom is -0.398 e. The van der Waals surface area contributed by atoms with Gasteiger partial charge in [-0.05, 0) is 34.1 Å². The molecular formula is C19H19N. The molecule has 0 atom stereocenters. The van der Waals surface area contributed by atoms with E-state index in [9.17, 15) is 0 Å². The first-order valence-corrected chi connectivity index (χ1v) is 7.04. The average Bonchev–Trinajstić information content (AvgIpc) is 2.48. The molecule has 0 fully saturated rings. The van der Waals surface area contributed by atoms with Crippen LogP contribution in [0.2, 0.25) is 0 Å². The summed E-state index contributed by atoms with van der Waals surface area (Å²) in [6.07, 6.45) is 0. The Hall–Kier alpha value is -2.28. The molecule has 3 aromatic carbocycles. The molecule has 0 aliphatic rings. The zero-order valence-electron chi connectivity index (χ0n) is 11.9. The van der Waals surface area contributed by atoms with Gasteiger partial charge in [-0.15, -0.1) is 0 Å². The SMILES string of the molecule is CC(C)c1ccc(-c2ccc(N)c3ccccc23)cc1. The maximum atomic E-state index is 6.07. The summed E-state index contributed by atoms with van der Waals surface area (Å²) in [6, 6.07) is 21.2. The van der Waals surface area contributed by atoms with Gasteiger partial charge in [0, 0.05) is 11.1 Å². The molecule has 100 valence electrons. The summed E-state index contributed by atoms with van der Waals surface area (Å²) in [5, 5.41) is 2.34. The Morgan fingerprint density at radius 1 is 0.750 bits per heavy atom. The third kappa shape index (κ3) is 2.16. The highest BCUT2D eigenvalue weighted by Gasteiger charge is 2.06. The van der Waals surface area contributed by atoms with Gasteiger partial charge in [-0.3, -0.25) is 0 Å². The first kappa shape index (κ1) is 12.7. The fraction of sp³-hybridized carbons (Fsp3) is 0.158. The maximum Gasteiger partial charge on any atom is 0.0394 e. The smallest absolute Gasteiger partial charge is 0.0394 e. The van der Waals surface area contributed by atoms with Gasteiger partial charge in [0.1, 0.15) is 0 Å². The van der Waals surface area contributed by atoms with Crippen molar-refractivity contribution >= 4 is 16.5 Å². The molecule has 1 heteroatoms. The van der Waals surface area contributed by atoms with E-state index < -0.39 is 0 Å². The van der Waals surface area contributed by atoms with E-state index in [1.807, 2.05) is 12.1 Å². The van der Waals surface area contributed by atoms with E-state index in [-0.39, 0.29) is 0 Å². The van der Waals surface area contributed by atoms with Gasteiger partial charge in [0.15, 0.2) is 0 Å². The number of anilines is 1. The maximum absolute atomic E-state index is 6.07. The van der Waals surface area contributed by atoms with Gasteiger partial charge in [-0.1, -0.05) is 68.4 Å². The standard InChI is InChI=1S/C19H19N/c1-13(2)14-7-9-15(10-8-14)16-11-12-19(20)18-6-4-3-5-17(16)18/h3-13H,20H2,1-2H3. The number of hydrogen-bond donors (Lipinski definition) is 1. The van der Waals surface area contributed by atoms with Gasteiger partial charge < -0.3 is 5.73 Å². The Balaban J connectivity index is 2.17. The summed E-state index contributed by atoms with van der Waals surface area (Å²) in [5.41, 5.74) is 10.8. The van der Waals surface area contributed by atoms with Gasteiger partial charge >= 0.3 is 0 Å². The molecule has 0 heterocycles. The summed E-state index contributed by atoms with van der Waals surface area (Å²) >= 11 is 0. The van der Waals surface area contributed by atoms with Crippen LogP contribution in [0.5, 0.6) is 0 Å². The molecule has 0 bridgehead atoms. The monoisotopic (exact) mass is 261 g/mol. The average molecular weight is 261 g/mol. The zero-order valence-corrected chi connectivity index (χ0v) is 11.9. The van der Waals surface area contributed by atoms with Gasteiger partial charge in [0.05, 0.1) is 0 Å². The number of nitrogen functional groups attached to an aromatic ring is 1. The second kappa shape index (κ2) is 5.01. The Morgan fingerprint density at radius 2 is 1.40 bits per heavy atom. The van der Waals surface area contributed by atoms with Crippen LogP contribution in [0, 0.1) is 0 Å². The number of benzene rings is 3. The fourth-order valence-corrected chi connectivity index (χ4v) is 2.62. The van der Waals surface area contributed by atoms with Gasteiger partial charge in [-0.2, -0.15) is 0 Å². The molecule has 20 heavy (non-hydrogen) atoms. The lowest BCUT2D eigenvalue weighted by atomic mass is 9.95. The lowest BCUT2D eigenvalue weighted by molar-refractivity contribution is 0.867. The lowest BCUT2D eigenvalue weighted by Gasteiger charge is -2.11. The Morgan fingerprint density at radius 3 is 2.05 bits per heavy atom. The molecule has 0 amide bonds. The highest BCUT2D eigenvalue weighted by atomic mass is 14.5. The van der Waals surface area contributed by atoms with Crippen molar-refractivity contribution in [3.05, 3.63) is 66.2 Å². The Kier molecular flexibility index (Phi) is 3.19. The first-order chi connectivity index (χ1) is 9.66. The highest BCUT2D eigenvalue weighted by molar-refractivity contribution is 6.02. The normalized spacial score (nSPS) is 11.2. The third-order valence-electron chi connectivity index (χ3n) is 3.85. The molecule has 2 N–H and O–H groups in total. The highest BCUT2D eigenvalue weighted by Crippen LogP contribution is 2.32. The molecular weight excluding hydrogens is 242 g/mol. The van der Waals surface area contributed by atoms with Crippen LogP contribution in [-0.4, -0.2) is 0 Å². The summed E-state index contributed by atoms with van der Waals surface area (Å²) in [7, 11) is 0. The van der Waals surface area contributed by atoms with Crippen LogP contribution >= 0.6 is 0 Å². The molecule has 0 unspecified atom stereocenters. The van der Waals surface area contributed by atoms with Crippen molar-refractivity contribution in [2.24, 2.45) is 0 Å². The van der Waals surface area contributed by atoms with Crippen LogP contribution in [0.15, 0.2) is 60.7 Å². The topological polar surface area (TPSA) is 26.0 Å². The molecule has 0 radical (unpaired) electrons. The Bertz CT molecular complexity index is 739. The summed E-state index contributed by atoms with van der Waals surface area (Å²) in [5.74, 6) is 0.562.